The SMILES string of the molecule is CCC(=O)Nc1ccccc1S(C)(=O)=O. The maximum absolute atomic E-state index is 11.4. The van der Waals surface area contributed by atoms with Gasteiger partial charge in [0.1, 0.15) is 0 Å². The average molecular weight is 227 g/mol. The van der Waals surface area contributed by atoms with E-state index in [4.69, 9.17) is 0 Å². The summed E-state index contributed by atoms with van der Waals surface area (Å²) in [6.45, 7) is 1.71. The minimum atomic E-state index is -3.30. The van der Waals surface area contributed by atoms with Crippen LogP contribution in [0.2, 0.25) is 0 Å². The van der Waals surface area contributed by atoms with Gasteiger partial charge in [-0.1, -0.05) is 19.1 Å². The van der Waals surface area contributed by atoms with Crippen molar-refractivity contribution in [3.05, 3.63) is 24.3 Å². The first-order chi connectivity index (χ1) is 6.95. The molecular weight excluding hydrogens is 214 g/mol. The predicted molar refractivity (Wildman–Crippen MR) is 58.5 cm³/mol. The van der Waals surface area contributed by atoms with Gasteiger partial charge in [-0.2, -0.15) is 0 Å². The Morgan fingerprint density at radius 1 is 1.33 bits per heavy atom. The van der Waals surface area contributed by atoms with Gasteiger partial charge in [-0.15, -0.1) is 0 Å². The minimum absolute atomic E-state index is 0.145. The summed E-state index contributed by atoms with van der Waals surface area (Å²) in [6.07, 6.45) is 1.43. The molecule has 5 heteroatoms. The minimum Gasteiger partial charge on any atom is -0.325 e. The van der Waals surface area contributed by atoms with Gasteiger partial charge in [0, 0.05) is 12.7 Å². The lowest BCUT2D eigenvalue weighted by atomic mass is 10.3. The van der Waals surface area contributed by atoms with E-state index in [1.54, 1.807) is 25.1 Å². The van der Waals surface area contributed by atoms with Crippen LogP contribution in [0.15, 0.2) is 29.2 Å². The molecule has 0 aliphatic rings. The summed E-state index contributed by atoms with van der Waals surface area (Å²) in [5.74, 6) is -0.203. The van der Waals surface area contributed by atoms with Gasteiger partial charge >= 0.3 is 0 Å². The number of amides is 1. The Bertz CT molecular complexity index is 465. The Kier molecular flexibility index (Phi) is 3.47. The molecule has 0 unspecified atom stereocenters. The van der Waals surface area contributed by atoms with Crippen molar-refractivity contribution in [2.45, 2.75) is 18.2 Å². The number of nitrogens with one attached hydrogen (secondary N) is 1. The van der Waals surface area contributed by atoms with Gasteiger partial charge < -0.3 is 5.32 Å². The number of sulfone groups is 1. The van der Waals surface area contributed by atoms with E-state index in [1.165, 1.54) is 6.07 Å². The third-order valence-electron chi connectivity index (χ3n) is 1.88. The first-order valence-corrected chi connectivity index (χ1v) is 6.43. The molecule has 0 aromatic heterocycles. The molecule has 0 aliphatic heterocycles. The van der Waals surface area contributed by atoms with Crippen LogP contribution >= 0.6 is 0 Å². The fraction of sp³-hybridized carbons (Fsp3) is 0.300. The number of benzene rings is 1. The largest absolute Gasteiger partial charge is 0.325 e. The van der Waals surface area contributed by atoms with Crippen molar-refractivity contribution >= 4 is 21.4 Å². The van der Waals surface area contributed by atoms with Crippen molar-refractivity contribution in [1.82, 2.24) is 0 Å². The van der Waals surface area contributed by atoms with Crippen LogP contribution in [0.5, 0.6) is 0 Å². The van der Waals surface area contributed by atoms with Gasteiger partial charge in [-0.3, -0.25) is 4.79 Å². The van der Waals surface area contributed by atoms with E-state index in [0.29, 0.717) is 12.1 Å². The molecule has 0 atom stereocenters. The number of para-hydroxylation sites is 1. The van der Waals surface area contributed by atoms with Crippen LogP contribution in [-0.2, 0) is 14.6 Å². The number of hydrogen-bond donors (Lipinski definition) is 1. The molecule has 1 aromatic carbocycles. The second kappa shape index (κ2) is 4.44. The van der Waals surface area contributed by atoms with E-state index < -0.39 is 9.84 Å². The Hall–Kier alpha value is -1.36. The Morgan fingerprint density at radius 2 is 1.93 bits per heavy atom. The van der Waals surface area contributed by atoms with Crippen LogP contribution in [0, 0.1) is 0 Å². The highest BCUT2D eigenvalue weighted by Gasteiger charge is 2.13. The van der Waals surface area contributed by atoms with Crippen LogP contribution in [0.4, 0.5) is 5.69 Å². The van der Waals surface area contributed by atoms with Crippen molar-refractivity contribution in [2.75, 3.05) is 11.6 Å². The van der Waals surface area contributed by atoms with Crippen molar-refractivity contribution in [3.8, 4) is 0 Å². The van der Waals surface area contributed by atoms with Crippen LogP contribution in [0.3, 0.4) is 0 Å². The quantitative estimate of drug-likeness (QED) is 0.849. The number of hydrogen-bond acceptors (Lipinski definition) is 3. The molecule has 82 valence electrons. The van der Waals surface area contributed by atoms with E-state index in [0.717, 1.165) is 6.26 Å². The highest BCUT2D eigenvalue weighted by atomic mass is 32.2. The van der Waals surface area contributed by atoms with E-state index >= 15 is 0 Å². The second-order valence-corrected chi connectivity index (χ2v) is 5.15. The zero-order chi connectivity index (χ0) is 11.5. The predicted octanol–water partition coefficient (Wildman–Crippen LogP) is 1.44. The lowest BCUT2D eigenvalue weighted by Gasteiger charge is -2.08. The van der Waals surface area contributed by atoms with E-state index in [9.17, 15) is 13.2 Å². The molecule has 0 fully saturated rings. The monoisotopic (exact) mass is 227 g/mol. The van der Waals surface area contributed by atoms with Crippen molar-refractivity contribution in [3.63, 3.8) is 0 Å². The number of carbonyl (C=O) groups is 1. The van der Waals surface area contributed by atoms with Crippen LogP contribution in [-0.4, -0.2) is 20.6 Å². The summed E-state index contributed by atoms with van der Waals surface area (Å²) in [5.41, 5.74) is 0.340. The lowest BCUT2D eigenvalue weighted by molar-refractivity contribution is -0.115. The third kappa shape index (κ3) is 3.06. The van der Waals surface area contributed by atoms with Gasteiger partial charge in [0.25, 0.3) is 0 Å². The molecule has 0 saturated heterocycles. The molecule has 0 heterocycles. The zero-order valence-corrected chi connectivity index (χ0v) is 9.47. The van der Waals surface area contributed by atoms with Gasteiger partial charge in [0.05, 0.1) is 10.6 Å². The first-order valence-electron chi connectivity index (χ1n) is 4.54. The van der Waals surface area contributed by atoms with E-state index in [1.807, 2.05) is 0 Å². The molecule has 0 spiro atoms. The summed E-state index contributed by atoms with van der Waals surface area (Å²) >= 11 is 0. The smallest absolute Gasteiger partial charge is 0.224 e. The average Bonchev–Trinajstić information content (AvgIpc) is 2.17. The Balaban J connectivity index is 3.13. The highest BCUT2D eigenvalue weighted by molar-refractivity contribution is 7.90. The second-order valence-electron chi connectivity index (χ2n) is 3.17. The topological polar surface area (TPSA) is 63.2 Å². The molecule has 0 radical (unpaired) electrons. The first kappa shape index (κ1) is 11.7. The fourth-order valence-corrected chi connectivity index (χ4v) is 1.98. The third-order valence-corrected chi connectivity index (χ3v) is 3.04. The Morgan fingerprint density at radius 3 is 2.47 bits per heavy atom. The van der Waals surface area contributed by atoms with Gasteiger partial charge in [-0.25, -0.2) is 8.42 Å². The summed E-state index contributed by atoms with van der Waals surface area (Å²) in [7, 11) is -3.30. The molecule has 1 N–H and O–H groups in total. The standard InChI is InChI=1S/C10H13NO3S/c1-3-10(12)11-8-6-4-5-7-9(8)15(2,13)14/h4-7H,3H2,1-2H3,(H,11,12). The van der Waals surface area contributed by atoms with Crippen molar-refractivity contribution in [2.24, 2.45) is 0 Å². The van der Waals surface area contributed by atoms with Crippen LogP contribution < -0.4 is 5.32 Å². The lowest BCUT2D eigenvalue weighted by Crippen LogP contribution is -2.12. The summed E-state index contributed by atoms with van der Waals surface area (Å²) in [6, 6.07) is 6.35. The molecule has 1 rings (SSSR count). The molecule has 1 aromatic rings. The van der Waals surface area contributed by atoms with E-state index in [2.05, 4.69) is 5.32 Å². The number of carbonyl (C=O) groups excluding carboxylic acids is 1. The molecule has 0 aliphatic carbocycles. The zero-order valence-electron chi connectivity index (χ0n) is 8.65. The van der Waals surface area contributed by atoms with Gasteiger partial charge in [-0.05, 0) is 12.1 Å². The fourth-order valence-electron chi connectivity index (χ4n) is 1.13. The normalized spacial score (nSPS) is 11.1. The highest BCUT2D eigenvalue weighted by Crippen LogP contribution is 2.20. The van der Waals surface area contributed by atoms with Crippen LogP contribution in [0.1, 0.15) is 13.3 Å². The van der Waals surface area contributed by atoms with Crippen molar-refractivity contribution < 1.29 is 13.2 Å². The molecule has 0 bridgehead atoms. The number of anilines is 1. The maximum atomic E-state index is 11.4. The van der Waals surface area contributed by atoms with Crippen molar-refractivity contribution in [1.29, 1.82) is 0 Å². The molecule has 1 amide bonds. The molecular formula is C10H13NO3S. The van der Waals surface area contributed by atoms with Gasteiger partial charge in [0.15, 0.2) is 9.84 Å². The molecule has 4 nitrogen and oxygen atoms in total. The van der Waals surface area contributed by atoms with Crippen LogP contribution in [0.25, 0.3) is 0 Å². The van der Waals surface area contributed by atoms with Gasteiger partial charge in [0.2, 0.25) is 5.91 Å². The summed E-state index contributed by atoms with van der Waals surface area (Å²) < 4.78 is 22.7. The summed E-state index contributed by atoms with van der Waals surface area (Å²) in [4.78, 5) is 11.3. The number of rotatable bonds is 3. The van der Waals surface area contributed by atoms with E-state index in [-0.39, 0.29) is 10.8 Å². The maximum Gasteiger partial charge on any atom is 0.224 e. The summed E-state index contributed by atoms with van der Waals surface area (Å²) in [5, 5.41) is 2.55. The molecule has 0 saturated carbocycles. The molecule has 15 heavy (non-hydrogen) atoms. The Labute approximate surface area is 89.2 Å².